The van der Waals surface area contributed by atoms with Crippen molar-refractivity contribution in [3.63, 3.8) is 0 Å². The van der Waals surface area contributed by atoms with E-state index in [2.05, 4.69) is 20.4 Å². The second-order valence-electron chi connectivity index (χ2n) is 4.03. The van der Waals surface area contributed by atoms with E-state index in [1.54, 1.807) is 0 Å². The first-order chi connectivity index (χ1) is 5.08. The summed E-state index contributed by atoms with van der Waals surface area (Å²) in [6.45, 7) is 8.02. The van der Waals surface area contributed by atoms with Gasteiger partial charge in [0.05, 0.1) is 0 Å². The minimum Gasteiger partial charge on any atom is -0.299 e. The van der Waals surface area contributed by atoms with Crippen LogP contribution < -0.4 is 0 Å². The Morgan fingerprint density at radius 1 is 1.73 bits per heavy atom. The lowest BCUT2D eigenvalue weighted by atomic mass is 9.80. The van der Waals surface area contributed by atoms with E-state index in [-0.39, 0.29) is 11.3 Å². The Labute approximate surface area is 68.5 Å². The number of carbonyl (C=O) groups excluding carboxylic acids is 1. The highest BCUT2D eigenvalue weighted by Crippen LogP contribution is 2.42. The molecule has 0 saturated heterocycles. The first-order valence-corrected chi connectivity index (χ1v) is 4.21. The van der Waals surface area contributed by atoms with Crippen LogP contribution in [0.4, 0.5) is 0 Å². The maximum Gasteiger partial charge on any atom is 0.136 e. The average Bonchev–Trinajstić information content (AvgIpc) is 2.16. The molecule has 0 spiro atoms. The van der Waals surface area contributed by atoms with Crippen LogP contribution in [0.2, 0.25) is 0 Å². The van der Waals surface area contributed by atoms with E-state index in [1.165, 1.54) is 0 Å². The van der Waals surface area contributed by atoms with Gasteiger partial charge in [-0.05, 0) is 18.3 Å². The number of carbonyl (C=O) groups is 1. The summed E-state index contributed by atoms with van der Waals surface area (Å²) in [6.07, 6.45) is 4.53. The standard InChI is InChI=1S/C10H16O/c1-4-5-8-9(11)6-7-10(8,2)3/h4,8H,1,5-7H2,2-3H3. The fraction of sp³-hybridized carbons (Fsp3) is 0.700. The Kier molecular flexibility index (Phi) is 2.17. The van der Waals surface area contributed by atoms with Crippen molar-refractivity contribution in [3.8, 4) is 0 Å². The Bertz CT molecular complexity index is 179. The van der Waals surface area contributed by atoms with Crippen molar-refractivity contribution in [1.82, 2.24) is 0 Å². The van der Waals surface area contributed by atoms with Crippen LogP contribution in [0.25, 0.3) is 0 Å². The van der Waals surface area contributed by atoms with Gasteiger partial charge in [-0.2, -0.15) is 0 Å². The molecule has 62 valence electrons. The van der Waals surface area contributed by atoms with Crippen molar-refractivity contribution in [3.05, 3.63) is 12.7 Å². The van der Waals surface area contributed by atoms with Gasteiger partial charge in [0, 0.05) is 12.3 Å². The minimum absolute atomic E-state index is 0.214. The van der Waals surface area contributed by atoms with Crippen LogP contribution in [-0.4, -0.2) is 5.78 Å². The Morgan fingerprint density at radius 2 is 2.36 bits per heavy atom. The molecule has 1 nitrogen and oxygen atoms in total. The fourth-order valence-electron chi connectivity index (χ4n) is 1.85. The normalized spacial score (nSPS) is 28.9. The van der Waals surface area contributed by atoms with Crippen LogP contribution in [0.5, 0.6) is 0 Å². The van der Waals surface area contributed by atoms with Gasteiger partial charge < -0.3 is 0 Å². The molecule has 0 radical (unpaired) electrons. The van der Waals surface area contributed by atoms with Gasteiger partial charge >= 0.3 is 0 Å². The molecule has 0 amide bonds. The molecule has 1 atom stereocenters. The number of hydrogen-bond acceptors (Lipinski definition) is 1. The number of Topliss-reactive ketones (excluding diaryl/α,β-unsaturated/α-hetero) is 1. The van der Waals surface area contributed by atoms with Crippen molar-refractivity contribution >= 4 is 5.78 Å². The summed E-state index contributed by atoms with van der Waals surface area (Å²) in [5.74, 6) is 0.662. The summed E-state index contributed by atoms with van der Waals surface area (Å²) < 4.78 is 0. The van der Waals surface area contributed by atoms with Crippen molar-refractivity contribution in [2.24, 2.45) is 11.3 Å². The molecule has 0 bridgehead atoms. The Hall–Kier alpha value is -0.590. The summed E-state index contributed by atoms with van der Waals surface area (Å²) in [6, 6.07) is 0. The van der Waals surface area contributed by atoms with E-state index in [0.717, 1.165) is 19.3 Å². The zero-order valence-electron chi connectivity index (χ0n) is 7.39. The third-order valence-corrected chi connectivity index (χ3v) is 2.75. The van der Waals surface area contributed by atoms with E-state index in [4.69, 9.17) is 0 Å². The zero-order valence-corrected chi connectivity index (χ0v) is 7.39. The molecule has 11 heavy (non-hydrogen) atoms. The molecular formula is C10H16O. The molecule has 1 aliphatic carbocycles. The lowest BCUT2D eigenvalue weighted by molar-refractivity contribution is -0.121. The molecule has 0 aromatic carbocycles. The largest absolute Gasteiger partial charge is 0.299 e. The molecule has 1 fully saturated rings. The smallest absolute Gasteiger partial charge is 0.136 e. The molecule has 1 aliphatic rings. The Morgan fingerprint density at radius 3 is 2.73 bits per heavy atom. The van der Waals surface area contributed by atoms with Crippen LogP contribution in [0.3, 0.4) is 0 Å². The average molecular weight is 152 g/mol. The van der Waals surface area contributed by atoms with Gasteiger partial charge in [-0.15, -0.1) is 6.58 Å². The van der Waals surface area contributed by atoms with Gasteiger partial charge in [-0.25, -0.2) is 0 Å². The predicted octanol–water partition coefficient (Wildman–Crippen LogP) is 2.57. The van der Waals surface area contributed by atoms with Gasteiger partial charge in [0.25, 0.3) is 0 Å². The molecular weight excluding hydrogens is 136 g/mol. The first-order valence-electron chi connectivity index (χ1n) is 4.21. The number of allylic oxidation sites excluding steroid dienone is 1. The van der Waals surface area contributed by atoms with Crippen molar-refractivity contribution < 1.29 is 4.79 Å². The molecule has 1 heteroatoms. The van der Waals surface area contributed by atoms with Crippen molar-refractivity contribution in [2.75, 3.05) is 0 Å². The van der Waals surface area contributed by atoms with Gasteiger partial charge in [0.1, 0.15) is 5.78 Å². The van der Waals surface area contributed by atoms with E-state index in [1.807, 2.05) is 6.08 Å². The maximum absolute atomic E-state index is 11.3. The highest BCUT2D eigenvalue weighted by Gasteiger charge is 2.39. The molecule has 1 rings (SSSR count). The third-order valence-electron chi connectivity index (χ3n) is 2.75. The second-order valence-corrected chi connectivity index (χ2v) is 4.03. The van der Waals surface area contributed by atoms with Crippen molar-refractivity contribution in [1.29, 1.82) is 0 Å². The first kappa shape index (κ1) is 8.51. The van der Waals surface area contributed by atoms with E-state index >= 15 is 0 Å². The molecule has 0 heterocycles. The molecule has 0 N–H and O–H groups in total. The molecule has 0 aromatic heterocycles. The van der Waals surface area contributed by atoms with Crippen LogP contribution in [0.1, 0.15) is 33.1 Å². The quantitative estimate of drug-likeness (QED) is 0.556. The molecule has 1 unspecified atom stereocenters. The lowest BCUT2D eigenvalue weighted by Crippen LogP contribution is -2.21. The fourth-order valence-corrected chi connectivity index (χ4v) is 1.85. The van der Waals surface area contributed by atoms with E-state index in [0.29, 0.717) is 5.78 Å². The highest BCUT2D eigenvalue weighted by atomic mass is 16.1. The molecule has 1 saturated carbocycles. The SMILES string of the molecule is C=CCC1C(=O)CCC1(C)C. The van der Waals surface area contributed by atoms with Crippen LogP contribution in [-0.2, 0) is 4.79 Å². The molecule has 0 aliphatic heterocycles. The number of ketones is 1. The van der Waals surface area contributed by atoms with E-state index in [9.17, 15) is 4.79 Å². The van der Waals surface area contributed by atoms with Gasteiger partial charge in [-0.1, -0.05) is 19.9 Å². The summed E-state index contributed by atoms with van der Waals surface area (Å²) >= 11 is 0. The third kappa shape index (κ3) is 1.52. The van der Waals surface area contributed by atoms with Crippen molar-refractivity contribution in [2.45, 2.75) is 33.1 Å². The summed E-state index contributed by atoms with van der Waals surface area (Å²) in [5, 5.41) is 0. The second kappa shape index (κ2) is 2.80. The van der Waals surface area contributed by atoms with Gasteiger partial charge in [0.2, 0.25) is 0 Å². The maximum atomic E-state index is 11.3. The van der Waals surface area contributed by atoms with Gasteiger partial charge in [-0.3, -0.25) is 4.79 Å². The van der Waals surface area contributed by atoms with Gasteiger partial charge in [0.15, 0.2) is 0 Å². The monoisotopic (exact) mass is 152 g/mol. The lowest BCUT2D eigenvalue weighted by Gasteiger charge is -2.24. The Balaban J connectivity index is 2.71. The molecule has 0 aromatic rings. The highest BCUT2D eigenvalue weighted by molar-refractivity contribution is 5.84. The minimum atomic E-state index is 0.214. The predicted molar refractivity (Wildman–Crippen MR) is 46.3 cm³/mol. The van der Waals surface area contributed by atoms with Crippen LogP contribution >= 0.6 is 0 Å². The number of hydrogen-bond donors (Lipinski definition) is 0. The summed E-state index contributed by atoms with van der Waals surface area (Å²) in [4.78, 5) is 11.3. The summed E-state index contributed by atoms with van der Waals surface area (Å²) in [5.41, 5.74) is 0.214. The zero-order chi connectivity index (χ0) is 8.48. The van der Waals surface area contributed by atoms with E-state index < -0.39 is 0 Å². The summed E-state index contributed by atoms with van der Waals surface area (Å²) in [7, 11) is 0. The van der Waals surface area contributed by atoms with Crippen LogP contribution in [0, 0.1) is 11.3 Å². The topological polar surface area (TPSA) is 17.1 Å². The number of rotatable bonds is 2. The van der Waals surface area contributed by atoms with Crippen LogP contribution in [0.15, 0.2) is 12.7 Å².